The molecule has 4 heterocycles. The summed E-state index contributed by atoms with van der Waals surface area (Å²) in [5.74, 6) is 0.708. The minimum absolute atomic E-state index is 0.0113. The van der Waals surface area contributed by atoms with Crippen LogP contribution in [0.1, 0.15) is 42.6 Å². The lowest BCUT2D eigenvalue weighted by Crippen LogP contribution is -2.66. The number of carbonyl (C=O) groups excluding carboxylic acids is 2. The molecule has 0 radical (unpaired) electrons. The van der Waals surface area contributed by atoms with Gasteiger partial charge in [0.25, 0.3) is 5.91 Å². The van der Waals surface area contributed by atoms with Crippen LogP contribution in [-0.4, -0.2) is 70.2 Å². The number of aromatic amines is 1. The molecule has 3 fully saturated rings. The molecule has 3 aliphatic heterocycles. The molecule has 7 heteroatoms. The minimum Gasteiger partial charge on any atom is -0.371 e. The Morgan fingerprint density at radius 3 is 2.96 bits per heavy atom. The van der Waals surface area contributed by atoms with Crippen LogP contribution in [0.4, 0.5) is 0 Å². The molecule has 0 bridgehead atoms. The first-order chi connectivity index (χ1) is 11.7. The predicted octanol–water partition coefficient (Wildman–Crippen LogP) is 1.04. The average Bonchev–Trinajstić information content (AvgIpc) is 3.10. The van der Waals surface area contributed by atoms with Gasteiger partial charge in [-0.2, -0.15) is 5.10 Å². The van der Waals surface area contributed by atoms with Crippen LogP contribution in [-0.2, 0) is 9.53 Å². The molecule has 24 heavy (non-hydrogen) atoms. The third-order valence-corrected chi connectivity index (χ3v) is 5.51. The van der Waals surface area contributed by atoms with Crippen LogP contribution in [0.2, 0.25) is 0 Å². The number of nitrogens with zero attached hydrogens (tertiary/aromatic N) is 3. The highest BCUT2D eigenvalue weighted by Gasteiger charge is 2.48. The monoisotopic (exact) mass is 332 g/mol. The first kappa shape index (κ1) is 15.6. The molecular formula is C17H24N4O3. The number of piperidine rings is 1. The molecule has 2 amide bonds. The van der Waals surface area contributed by atoms with Crippen molar-refractivity contribution >= 4 is 11.8 Å². The summed E-state index contributed by atoms with van der Waals surface area (Å²) in [6.07, 6.45) is 6.46. The van der Waals surface area contributed by atoms with Crippen LogP contribution in [0.25, 0.3) is 0 Å². The van der Waals surface area contributed by atoms with Crippen molar-refractivity contribution in [3.05, 3.63) is 18.0 Å². The first-order valence-corrected chi connectivity index (χ1v) is 8.86. The summed E-state index contributed by atoms with van der Waals surface area (Å²) >= 11 is 0. The molecule has 0 aliphatic carbocycles. The maximum Gasteiger partial charge on any atom is 0.272 e. The number of hydrogen-bond acceptors (Lipinski definition) is 4. The minimum atomic E-state index is -0.169. The molecule has 1 aromatic rings. The van der Waals surface area contributed by atoms with Crippen LogP contribution in [0.5, 0.6) is 0 Å². The quantitative estimate of drug-likeness (QED) is 0.897. The van der Waals surface area contributed by atoms with E-state index in [2.05, 4.69) is 10.2 Å². The summed E-state index contributed by atoms with van der Waals surface area (Å²) in [6, 6.07) is 1.70. The molecule has 3 saturated heterocycles. The van der Waals surface area contributed by atoms with E-state index in [4.69, 9.17) is 4.74 Å². The maximum atomic E-state index is 12.2. The molecule has 130 valence electrons. The number of carbonyl (C=O) groups is 2. The van der Waals surface area contributed by atoms with Crippen LogP contribution in [0, 0.1) is 5.92 Å². The Kier molecular flexibility index (Phi) is 4.04. The van der Waals surface area contributed by atoms with Gasteiger partial charge in [-0.1, -0.05) is 0 Å². The fourth-order valence-electron chi connectivity index (χ4n) is 4.02. The van der Waals surface area contributed by atoms with Gasteiger partial charge < -0.3 is 14.5 Å². The van der Waals surface area contributed by atoms with Crippen LogP contribution in [0.3, 0.4) is 0 Å². The third kappa shape index (κ3) is 2.92. The summed E-state index contributed by atoms with van der Waals surface area (Å²) in [5, 5.41) is 6.54. The summed E-state index contributed by atoms with van der Waals surface area (Å²) in [4.78, 5) is 28.0. The summed E-state index contributed by atoms with van der Waals surface area (Å²) in [6.45, 7) is 3.72. The molecule has 1 N–H and O–H groups in total. The predicted molar refractivity (Wildman–Crippen MR) is 86.3 cm³/mol. The molecule has 1 atom stereocenters. The zero-order chi connectivity index (χ0) is 16.6. The van der Waals surface area contributed by atoms with E-state index < -0.39 is 0 Å². The van der Waals surface area contributed by atoms with Gasteiger partial charge in [0.1, 0.15) is 11.3 Å². The number of likely N-dealkylation sites (tertiary alicyclic amines) is 2. The molecule has 7 nitrogen and oxygen atoms in total. The van der Waals surface area contributed by atoms with E-state index >= 15 is 0 Å². The molecule has 3 aliphatic rings. The zero-order valence-electron chi connectivity index (χ0n) is 13.9. The lowest BCUT2D eigenvalue weighted by molar-refractivity contribution is -0.170. The van der Waals surface area contributed by atoms with Crippen molar-refractivity contribution in [1.82, 2.24) is 20.0 Å². The highest BCUT2D eigenvalue weighted by atomic mass is 16.5. The zero-order valence-corrected chi connectivity index (χ0v) is 13.9. The topological polar surface area (TPSA) is 78.5 Å². The van der Waals surface area contributed by atoms with Gasteiger partial charge in [-0.15, -0.1) is 0 Å². The van der Waals surface area contributed by atoms with Crippen LogP contribution in [0.15, 0.2) is 12.3 Å². The van der Waals surface area contributed by atoms with E-state index in [0.29, 0.717) is 43.6 Å². The Morgan fingerprint density at radius 2 is 2.29 bits per heavy atom. The number of rotatable bonds is 3. The normalized spacial score (nSPS) is 26.5. The smallest absolute Gasteiger partial charge is 0.272 e. The number of hydrogen-bond donors (Lipinski definition) is 1. The molecule has 0 aromatic carbocycles. The Hall–Kier alpha value is -1.89. The van der Waals surface area contributed by atoms with E-state index in [1.54, 1.807) is 12.3 Å². The highest BCUT2D eigenvalue weighted by molar-refractivity contribution is 5.92. The number of nitrogens with one attached hydrogen (secondary N) is 1. The SMILES string of the molecule is O=C1CCCCN1C[C@@H]1CCC2(CN(C(=O)c3ccn[nH]3)C2)OC1. The fraction of sp³-hybridized carbons (Fsp3) is 0.706. The Morgan fingerprint density at radius 1 is 1.42 bits per heavy atom. The number of aromatic nitrogens is 2. The lowest BCUT2D eigenvalue weighted by Gasteiger charge is -2.52. The average molecular weight is 332 g/mol. The first-order valence-electron chi connectivity index (χ1n) is 8.86. The van der Waals surface area contributed by atoms with Crippen LogP contribution >= 0.6 is 0 Å². The van der Waals surface area contributed by atoms with Gasteiger partial charge in [-0.3, -0.25) is 14.7 Å². The van der Waals surface area contributed by atoms with Crippen molar-refractivity contribution in [3.63, 3.8) is 0 Å². The van der Waals surface area contributed by atoms with Crippen molar-refractivity contribution in [3.8, 4) is 0 Å². The van der Waals surface area contributed by atoms with Gasteiger partial charge in [-0.25, -0.2) is 0 Å². The van der Waals surface area contributed by atoms with E-state index in [0.717, 1.165) is 38.8 Å². The second-order valence-corrected chi connectivity index (χ2v) is 7.33. The summed E-state index contributed by atoms with van der Waals surface area (Å²) in [5.41, 5.74) is 0.361. The Labute approximate surface area is 141 Å². The van der Waals surface area contributed by atoms with Gasteiger partial charge in [0, 0.05) is 31.6 Å². The van der Waals surface area contributed by atoms with Gasteiger partial charge in [0.2, 0.25) is 5.91 Å². The van der Waals surface area contributed by atoms with Gasteiger partial charge in [-0.05, 0) is 31.7 Å². The van der Waals surface area contributed by atoms with Crippen molar-refractivity contribution in [2.75, 3.05) is 32.8 Å². The van der Waals surface area contributed by atoms with Gasteiger partial charge in [0.05, 0.1) is 19.7 Å². The lowest BCUT2D eigenvalue weighted by atomic mass is 9.82. The molecule has 1 aromatic heterocycles. The molecule has 0 saturated carbocycles. The molecule has 0 unspecified atom stereocenters. The Bertz CT molecular complexity index is 599. The van der Waals surface area contributed by atoms with Crippen molar-refractivity contribution < 1.29 is 14.3 Å². The second-order valence-electron chi connectivity index (χ2n) is 7.33. The standard InChI is InChI=1S/C17H24N4O3/c22-15-3-1-2-8-20(15)9-13-4-6-17(24-10-13)11-21(12-17)16(23)14-5-7-18-19-14/h5,7,13H,1-4,6,8-12H2,(H,18,19)/t13-/m0/s1. The summed E-state index contributed by atoms with van der Waals surface area (Å²) < 4.78 is 6.13. The van der Waals surface area contributed by atoms with Crippen LogP contribution < -0.4 is 0 Å². The number of amides is 2. The van der Waals surface area contributed by atoms with Crippen molar-refractivity contribution in [2.45, 2.75) is 37.7 Å². The summed E-state index contributed by atoms with van der Waals surface area (Å²) in [7, 11) is 0. The second kappa shape index (κ2) is 6.20. The largest absolute Gasteiger partial charge is 0.371 e. The third-order valence-electron chi connectivity index (χ3n) is 5.51. The van der Waals surface area contributed by atoms with E-state index in [-0.39, 0.29) is 11.5 Å². The number of ether oxygens (including phenoxy) is 1. The van der Waals surface area contributed by atoms with E-state index in [1.165, 1.54) is 0 Å². The molecule has 4 rings (SSSR count). The van der Waals surface area contributed by atoms with Gasteiger partial charge in [0.15, 0.2) is 0 Å². The van der Waals surface area contributed by atoms with Gasteiger partial charge >= 0.3 is 0 Å². The van der Waals surface area contributed by atoms with E-state index in [1.807, 2.05) is 9.80 Å². The maximum absolute atomic E-state index is 12.2. The molecular weight excluding hydrogens is 308 g/mol. The Balaban J connectivity index is 1.25. The fourth-order valence-corrected chi connectivity index (χ4v) is 4.02. The van der Waals surface area contributed by atoms with Crippen molar-refractivity contribution in [2.24, 2.45) is 5.92 Å². The van der Waals surface area contributed by atoms with E-state index in [9.17, 15) is 9.59 Å². The van der Waals surface area contributed by atoms with Crippen molar-refractivity contribution in [1.29, 1.82) is 0 Å². The number of H-pyrrole nitrogens is 1. The highest BCUT2D eigenvalue weighted by Crippen LogP contribution is 2.37. The molecule has 1 spiro atoms.